The van der Waals surface area contributed by atoms with Gasteiger partial charge in [-0.25, -0.2) is 0 Å². The van der Waals surface area contributed by atoms with E-state index in [2.05, 4.69) is 11.4 Å². The van der Waals surface area contributed by atoms with E-state index < -0.39 is 5.97 Å². The predicted molar refractivity (Wildman–Crippen MR) is 64.4 cm³/mol. The van der Waals surface area contributed by atoms with Gasteiger partial charge in [0.15, 0.2) is 0 Å². The summed E-state index contributed by atoms with van der Waals surface area (Å²) in [5, 5.41) is 11.8. The molecule has 2 N–H and O–H groups in total. The summed E-state index contributed by atoms with van der Waals surface area (Å²) in [7, 11) is 0. The van der Waals surface area contributed by atoms with Crippen LogP contribution in [0, 0.1) is 0 Å². The van der Waals surface area contributed by atoms with Gasteiger partial charge in [0.05, 0.1) is 6.61 Å². The van der Waals surface area contributed by atoms with Crippen LogP contribution in [0.25, 0.3) is 0 Å². The van der Waals surface area contributed by atoms with Crippen LogP contribution in [0.3, 0.4) is 0 Å². The Kier molecular flexibility index (Phi) is 3.98. The largest absolute Gasteiger partial charge is 0.493 e. The Morgan fingerprint density at radius 1 is 1.47 bits per heavy atom. The Labute approximate surface area is 101 Å². The number of nitrogens with one attached hydrogen (secondary N) is 1. The van der Waals surface area contributed by atoms with Gasteiger partial charge in [0.2, 0.25) is 0 Å². The third-order valence-corrected chi connectivity index (χ3v) is 2.93. The zero-order valence-electron chi connectivity index (χ0n) is 9.69. The first-order valence-corrected chi connectivity index (χ1v) is 5.91. The molecule has 1 aliphatic rings. The molecule has 0 fully saturated rings. The smallest absolute Gasteiger partial charge is 0.303 e. The number of aliphatic carboxylic acids is 1. The minimum Gasteiger partial charge on any atom is -0.493 e. The second kappa shape index (κ2) is 5.68. The van der Waals surface area contributed by atoms with Crippen LogP contribution < -0.4 is 10.1 Å². The Bertz CT molecular complexity index is 392. The first-order valence-electron chi connectivity index (χ1n) is 5.91. The highest BCUT2D eigenvalue weighted by molar-refractivity contribution is 5.66. The lowest BCUT2D eigenvalue weighted by Crippen LogP contribution is -2.23. The van der Waals surface area contributed by atoms with Gasteiger partial charge in [0, 0.05) is 24.4 Å². The predicted octanol–water partition coefficient (Wildman–Crippen LogP) is 1.62. The van der Waals surface area contributed by atoms with Crippen molar-refractivity contribution < 1.29 is 14.6 Å². The number of ether oxygens (including phenoxy) is 1. The van der Waals surface area contributed by atoms with Crippen LogP contribution in [0.4, 0.5) is 0 Å². The molecule has 1 aliphatic heterocycles. The van der Waals surface area contributed by atoms with Crippen molar-refractivity contribution in [3.8, 4) is 5.75 Å². The van der Waals surface area contributed by atoms with Gasteiger partial charge in [-0.3, -0.25) is 4.79 Å². The first-order chi connectivity index (χ1) is 8.27. The normalized spacial score (nSPS) is 17.5. The van der Waals surface area contributed by atoms with Gasteiger partial charge in [-0.1, -0.05) is 18.2 Å². The van der Waals surface area contributed by atoms with Crippen molar-refractivity contribution in [3.63, 3.8) is 0 Å². The van der Waals surface area contributed by atoms with Crippen molar-refractivity contribution in [2.75, 3.05) is 19.7 Å². The molecule has 0 saturated carbocycles. The second-order valence-electron chi connectivity index (χ2n) is 4.25. The standard InChI is InChI=1S/C13H17NO3/c15-13(16)6-3-7-14-8-10-9-17-12-5-2-1-4-11(10)12/h1-2,4-5,10,14H,3,6-9H2,(H,15,16). The maximum atomic E-state index is 10.3. The van der Waals surface area contributed by atoms with Crippen LogP contribution in [-0.2, 0) is 4.79 Å². The molecule has 0 saturated heterocycles. The number of hydrogen-bond donors (Lipinski definition) is 2. The summed E-state index contributed by atoms with van der Waals surface area (Å²) >= 11 is 0. The lowest BCUT2D eigenvalue weighted by molar-refractivity contribution is -0.137. The number of hydrogen-bond acceptors (Lipinski definition) is 3. The summed E-state index contributed by atoms with van der Waals surface area (Å²) in [5.41, 5.74) is 1.25. The van der Waals surface area contributed by atoms with E-state index in [0.29, 0.717) is 18.9 Å². The zero-order valence-corrected chi connectivity index (χ0v) is 9.69. The Morgan fingerprint density at radius 3 is 3.12 bits per heavy atom. The first kappa shape index (κ1) is 11.9. The molecule has 0 amide bonds. The van der Waals surface area contributed by atoms with Crippen LogP contribution in [0.15, 0.2) is 24.3 Å². The highest BCUT2D eigenvalue weighted by Gasteiger charge is 2.22. The molecule has 1 atom stereocenters. The minimum absolute atomic E-state index is 0.227. The molecular formula is C13H17NO3. The summed E-state index contributed by atoms with van der Waals surface area (Å²) in [6.45, 7) is 2.30. The van der Waals surface area contributed by atoms with Gasteiger partial charge in [0.1, 0.15) is 5.75 Å². The van der Waals surface area contributed by atoms with Crippen molar-refractivity contribution in [1.82, 2.24) is 5.32 Å². The van der Waals surface area contributed by atoms with Crippen LogP contribution in [-0.4, -0.2) is 30.8 Å². The third kappa shape index (κ3) is 3.20. The Hall–Kier alpha value is -1.55. The van der Waals surface area contributed by atoms with Crippen molar-refractivity contribution >= 4 is 5.97 Å². The number of benzene rings is 1. The fourth-order valence-corrected chi connectivity index (χ4v) is 2.04. The number of para-hydroxylation sites is 1. The van der Waals surface area contributed by atoms with Gasteiger partial charge in [-0.2, -0.15) is 0 Å². The highest BCUT2D eigenvalue weighted by Crippen LogP contribution is 2.32. The van der Waals surface area contributed by atoms with Crippen molar-refractivity contribution in [2.45, 2.75) is 18.8 Å². The van der Waals surface area contributed by atoms with E-state index in [1.807, 2.05) is 18.2 Å². The van der Waals surface area contributed by atoms with E-state index in [-0.39, 0.29) is 6.42 Å². The minimum atomic E-state index is -0.735. The zero-order chi connectivity index (χ0) is 12.1. The molecule has 4 heteroatoms. The quantitative estimate of drug-likeness (QED) is 0.736. The summed E-state index contributed by atoms with van der Waals surface area (Å²) in [5.74, 6) is 0.627. The van der Waals surface area contributed by atoms with Crippen LogP contribution in [0.2, 0.25) is 0 Å². The molecule has 0 bridgehead atoms. The van der Waals surface area contributed by atoms with Gasteiger partial charge in [0.25, 0.3) is 0 Å². The molecular weight excluding hydrogens is 218 g/mol. The van der Waals surface area contributed by atoms with E-state index in [1.54, 1.807) is 0 Å². The number of rotatable bonds is 6. The van der Waals surface area contributed by atoms with Crippen molar-refractivity contribution in [1.29, 1.82) is 0 Å². The maximum absolute atomic E-state index is 10.3. The topological polar surface area (TPSA) is 58.6 Å². The third-order valence-electron chi connectivity index (χ3n) is 2.93. The number of carboxylic acids is 1. The Morgan fingerprint density at radius 2 is 2.29 bits per heavy atom. The van der Waals surface area contributed by atoms with E-state index in [4.69, 9.17) is 9.84 Å². The molecule has 2 rings (SSSR count). The molecule has 1 heterocycles. The van der Waals surface area contributed by atoms with E-state index in [0.717, 1.165) is 18.8 Å². The number of carbonyl (C=O) groups is 1. The summed E-state index contributed by atoms with van der Waals surface area (Å²) in [6, 6.07) is 8.07. The van der Waals surface area contributed by atoms with Crippen LogP contribution >= 0.6 is 0 Å². The summed E-state index contributed by atoms with van der Waals surface area (Å²) < 4.78 is 5.57. The summed E-state index contributed by atoms with van der Waals surface area (Å²) in [6.07, 6.45) is 0.898. The van der Waals surface area contributed by atoms with Crippen molar-refractivity contribution in [3.05, 3.63) is 29.8 Å². The molecule has 1 aromatic carbocycles. The van der Waals surface area contributed by atoms with Crippen molar-refractivity contribution in [2.24, 2.45) is 0 Å². The van der Waals surface area contributed by atoms with Gasteiger partial charge in [-0.05, 0) is 19.0 Å². The molecule has 4 nitrogen and oxygen atoms in total. The fraction of sp³-hybridized carbons (Fsp3) is 0.462. The Balaban J connectivity index is 1.73. The average molecular weight is 235 g/mol. The molecule has 92 valence electrons. The lowest BCUT2D eigenvalue weighted by Gasteiger charge is -2.09. The van der Waals surface area contributed by atoms with Gasteiger partial charge >= 0.3 is 5.97 Å². The van der Waals surface area contributed by atoms with Gasteiger partial charge < -0.3 is 15.2 Å². The van der Waals surface area contributed by atoms with E-state index >= 15 is 0 Å². The van der Waals surface area contributed by atoms with E-state index in [1.165, 1.54) is 5.56 Å². The monoisotopic (exact) mass is 235 g/mol. The second-order valence-corrected chi connectivity index (χ2v) is 4.25. The van der Waals surface area contributed by atoms with E-state index in [9.17, 15) is 4.79 Å². The molecule has 1 aromatic rings. The molecule has 0 radical (unpaired) electrons. The van der Waals surface area contributed by atoms with Crippen LogP contribution in [0.5, 0.6) is 5.75 Å². The lowest BCUT2D eigenvalue weighted by atomic mass is 10.0. The SMILES string of the molecule is O=C(O)CCCNCC1COc2ccccc21. The fourth-order valence-electron chi connectivity index (χ4n) is 2.04. The van der Waals surface area contributed by atoms with Gasteiger partial charge in [-0.15, -0.1) is 0 Å². The number of carboxylic acid groups (broad SMARTS) is 1. The maximum Gasteiger partial charge on any atom is 0.303 e. The molecule has 17 heavy (non-hydrogen) atoms. The van der Waals surface area contributed by atoms with Crippen LogP contribution in [0.1, 0.15) is 24.3 Å². The molecule has 0 aliphatic carbocycles. The summed E-state index contributed by atoms with van der Waals surface area (Å²) in [4.78, 5) is 10.3. The number of fused-ring (bicyclic) bond motifs is 1. The molecule has 0 spiro atoms. The average Bonchev–Trinajstić information content (AvgIpc) is 2.72. The molecule has 1 unspecified atom stereocenters. The highest BCUT2D eigenvalue weighted by atomic mass is 16.5. The molecule has 0 aromatic heterocycles.